The molecule has 1 amide bonds. The molecule has 1 aliphatic carbocycles. The maximum absolute atomic E-state index is 12.4. The summed E-state index contributed by atoms with van der Waals surface area (Å²) in [6.07, 6.45) is 5.52. The average Bonchev–Trinajstić information content (AvgIpc) is 3.19. The van der Waals surface area contributed by atoms with Gasteiger partial charge in [0.2, 0.25) is 5.91 Å². The number of carbonyl (C=O) groups excluding carboxylic acids is 1. The Hall–Kier alpha value is -1.84. The Bertz CT molecular complexity index is 684. The monoisotopic (exact) mass is 283 g/mol. The summed E-state index contributed by atoms with van der Waals surface area (Å²) in [5.41, 5.74) is 2.18. The number of amides is 1. The van der Waals surface area contributed by atoms with Crippen LogP contribution in [0.4, 0.5) is 0 Å². The third kappa shape index (κ3) is 2.04. The minimum Gasteiger partial charge on any atom is -0.339 e. The normalized spacial score (nSPS) is 23.6. The van der Waals surface area contributed by atoms with Gasteiger partial charge in [0.15, 0.2) is 0 Å². The number of aromatic nitrogens is 2. The van der Waals surface area contributed by atoms with Crippen LogP contribution in [-0.4, -0.2) is 32.9 Å². The van der Waals surface area contributed by atoms with E-state index in [2.05, 4.69) is 22.6 Å². The van der Waals surface area contributed by atoms with Gasteiger partial charge in [0.05, 0.1) is 11.0 Å². The SMILES string of the molecule is Cn1c([C@@H]2CC(=O)N(C3CCCC3)C2)nc2ccccc21. The predicted molar refractivity (Wildman–Crippen MR) is 82.0 cm³/mol. The lowest BCUT2D eigenvalue weighted by Crippen LogP contribution is -2.34. The van der Waals surface area contributed by atoms with E-state index in [1.54, 1.807) is 0 Å². The fraction of sp³-hybridized carbons (Fsp3) is 0.529. The highest BCUT2D eigenvalue weighted by molar-refractivity contribution is 5.81. The molecular weight excluding hydrogens is 262 g/mol. The summed E-state index contributed by atoms with van der Waals surface area (Å²) in [7, 11) is 2.06. The molecule has 2 heterocycles. The van der Waals surface area contributed by atoms with E-state index in [0.29, 0.717) is 18.4 Å². The third-order valence-electron chi connectivity index (χ3n) is 5.11. The molecule has 21 heavy (non-hydrogen) atoms. The van der Waals surface area contributed by atoms with E-state index in [0.717, 1.165) is 23.4 Å². The maximum atomic E-state index is 12.4. The van der Waals surface area contributed by atoms with E-state index in [1.165, 1.54) is 25.7 Å². The quantitative estimate of drug-likeness (QED) is 0.850. The Labute approximate surface area is 124 Å². The van der Waals surface area contributed by atoms with Gasteiger partial charge in [0, 0.05) is 32.0 Å². The number of aryl methyl sites for hydroxylation is 1. The second kappa shape index (κ2) is 4.86. The van der Waals surface area contributed by atoms with Gasteiger partial charge in [-0.2, -0.15) is 0 Å². The first-order chi connectivity index (χ1) is 10.2. The highest BCUT2D eigenvalue weighted by Gasteiger charge is 2.37. The molecule has 2 aliphatic rings. The standard InChI is InChI=1S/C17H21N3O/c1-19-15-9-5-4-8-14(15)18-17(19)12-10-16(21)20(11-12)13-6-2-3-7-13/h4-5,8-9,12-13H,2-3,6-7,10-11H2,1H3/t12-/m1/s1. The second-order valence-corrected chi connectivity index (χ2v) is 6.40. The Morgan fingerprint density at radius 2 is 1.95 bits per heavy atom. The minimum atomic E-state index is 0.246. The largest absolute Gasteiger partial charge is 0.339 e. The lowest BCUT2D eigenvalue weighted by molar-refractivity contribution is -0.129. The van der Waals surface area contributed by atoms with E-state index in [4.69, 9.17) is 4.98 Å². The summed E-state index contributed by atoms with van der Waals surface area (Å²) in [6, 6.07) is 8.68. The van der Waals surface area contributed by atoms with Crippen LogP contribution in [0, 0.1) is 0 Å². The summed E-state index contributed by atoms with van der Waals surface area (Å²) < 4.78 is 2.16. The molecule has 0 N–H and O–H groups in total. The zero-order valence-corrected chi connectivity index (χ0v) is 12.5. The van der Waals surface area contributed by atoms with Crippen molar-refractivity contribution in [2.75, 3.05) is 6.54 Å². The molecule has 0 radical (unpaired) electrons. The number of likely N-dealkylation sites (tertiary alicyclic amines) is 1. The molecule has 0 unspecified atom stereocenters. The van der Waals surface area contributed by atoms with E-state index in [9.17, 15) is 4.79 Å². The molecule has 2 fully saturated rings. The third-order valence-corrected chi connectivity index (χ3v) is 5.11. The Morgan fingerprint density at radius 3 is 2.71 bits per heavy atom. The van der Waals surface area contributed by atoms with Gasteiger partial charge >= 0.3 is 0 Å². The van der Waals surface area contributed by atoms with Gasteiger partial charge in [0.1, 0.15) is 5.82 Å². The van der Waals surface area contributed by atoms with Gasteiger partial charge in [-0.15, -0.1) is 0 Å². The molecule has 110 valence electrons. The van der Waals surface area contributed by atoms with E-state index >= 15 is 0 Å². The van der Waals surface area contributed by atoms with Crippen LogP contribution in [-0.2, 0) is 11.8 Å². The zero-order valence-electron chi connectivity index (χ0n) is 12.5. The number of para-hydroxylation sites is 2. The van der Waals surface area contributed by atoms with Crippen molar-refractivity contribution in [3.63, 3.8) is 0 Å². The smallest absolute Gasteiger partial charge is 0.223 e. The van der Waals surface area contributed by atoms with Gasteiger partial charge in [-0.05, 0) is 25.0 Å². The molecule has 1 atom stereocenters. The summed E-state index contributed by atoms with van der Waals surface area (Å²) in [5, 5.41) is 0. The van der Waals surface area contributed by atoms with Crippen LogP contribution in [0.2, 0.25) is 0 Å². The first kappa shape index (κ1) is 12.9. The van der Waals surface area contributed by atoms with Crippen LogP contribution in [0.15, 0.2) is 24.3 Å². The Balaban J connectivity index is 1.64. The highest BCUT2D eigenvalue weighted by Crippen LogP contribution is 2.34. The number of benzene rings is 1. The van der Waals surface area contributed by atoms with Crippen molar-refractivity contribution >= 4 is 16.9 Å². The van der Waals surface area contributed by atoms with Crippen molar-refractivity contribution in [2.45, 2.75) is 44.1 Å². The number of fused-ring (bicyclic) bond motifs is 1. The van der Waals surface area contributed by atoms with Crippen LogP contribution in [0.5, 0.6) is 0 Å². The lowest BCUT2D eigenvalue weighted by Gasteiger charge is -2.24. The van der Waals surface area contributed by atoms with Crippen LogP contribution >= 0.6 is 0 Å². The molecule has 1 saturated heterocycles. The summed E-state index contributed by atoms with van der Waals surface area (Å²) in [5.74, 6) is 1.62. The van der Waals surface area contributed by atoms with Crippen LogP contribution in [0.1, 0.15) is 43.8 Å². The van der Waals surface area contributed by atoms with Crippen molar-refractivity contribution in [2.24, 2.45) is 7.05 Å². The number of hydrogen-bond acceptors (Lipinski definition) is 2. The number of nitrogens with zero attached hydrogens (tertiary/aromatic N) is 3. The van der Waals surface area contributed by atoms with Crippen LogP contribution in [0.3, 0.4) is 0 Å². The van der Waals surface area contributed by atoms with Crippen molar-refractivity contribution in [1.29, 1.82) is 0 Å². The van der Waals surface area contributed by atoms with Crippen molar-refractivity contribution in [3.05, 3.63) is 30.1 Å². The molecule has 2 aromatic rings. The van der Waals surface area contributed by atoms with Gasteiger partial charge in [-0.1, -0.05) is 25.0 Å². The highest BCUT2D eigenvalue weighted by atomic mass is 16.2. The van der Waals surface area contributed by atoms with Gasteiger partial charge < -0.3 is 9.47 Å². The molecular formula is C17H21N3O. The average molecular weight is 283 g/mol. The Morgan fingerprint density at radius 1 is 1.19 bits per heavy atom. The fourth-order valence-corrected chi connectivity index (χ4v) is 4.00. The van der Waals surface area contributed by atoms with E-state index in [-0.39, 0.29) is 5.92 Å². The first-order valence-corrected chi connectivity index (χ1v) is 7.95. The fourth-order valence-electron chi connectivity index (χ4n) is 4.00. The van der Waals surface area contributed by atoms with Crippen molar-refractivity contribution < 1.29 is 4.79 Å². The van der Waals surface area contributed by atoms with Crippen molar-refractivity contribution in [3.8, 4) is 0 Å². The lowest BCUT2D eigenvalue weighted by atomic mass is 10.1. The molecule has 0 bridgehead atoms. The van der Waals surface area contributed by atoms with Crippen molar-refractivity contribution in [1.82, 2.24) is 14.5 Å². The number of carbonyl (C=O) groups is 1. The second-order valence-electron chi connectivity index (χ2n) is 6.40. The minimum absolute atomic E-state index is 0.246. The number of imidazole rings is 1. The molecule has 1 aromatic carbocycles. The Kier molecular flexibility index (Phi) is 2.98. The van der Waals surface area contributed by atoms with Gasteiger partial charge in [-0.3, -0.25) is 4.79 Å². The predicted octanol–water partition coefficient (Wildman–Crippen LogP) is 2.83. The zero-order chi connectivity index (χ0) is 14.4. The molecule has 4 heteroatoms. The topological polar surface area (TPSA) is 38.1 Å². The van der Waals surface area contributed by atoms with E-state index in [1.807, 2.05) is 18.2 Å². The molecule has 4 rings (SSSR count). The molecule has 0 spiro atoms. The molecule has 1 aliphatic heterocycles. The number of hydrogen-bond donors (Lipinski definition) is 0. The molecule has 4 nitrogen and oxygen atoms in total. The molecule has 1 aromatic heterocycles. The van der Waals surface area contributed by atoms with Gasteiger partial charge in [0.25, 0.3) is 0 Å². The maximum Gasteiger partial charge on any atom is 0.223 e. The molecule has 1 saturated carbocycles. The summed E-state index contributed by atoms with van der Waals surface area (Å²) in [6.45, 7) is 0.848. The first-order valence-electron chi connectivity index (χ1n) is 7.95. The number of rotatable bonds is 2. The summed E-state index contributed by atoms with van der Waals surface area (Å²) in [4.78, 5) is 19.3. The van der Waals surface area contributed by atoms with Crippen LogP contribution in [0.25, 0.3) is 11.0 Å². The van der Waals surface area contributed by atoms with Crippen LogP contribution < -0.4 is 0 Å². The van der Waals surface area contributed by atoms with E-state index < -0.39 is 0 Å². The summed E-state index contributed by atoms with van der Waals surface area (Å²) >= 11 is 0. The van der Waals surface area contributed by atoms with Gasteiger partial charge in [-0.25, -0.2) is 4.98 Å².